The van der Waals surface area contributed by atoms with Crippen LogP contribution in [0.2, 0.25) is 10.0 Å². The third kappa shape index (κ3) is 3.19. The largest absolute Gasteiger partial charge is 0.319 e. The van der Waals surface area contributed by atoms with E-state index in [-0.39, 0.29) is 15.9 Å². The molecule has 3 nitrogen and oxygen atoms in total. The van der Waals surface area contributed by atoms with Gasteiger partial charge in [0, 0.05) is 33.4 Å². The van der Waals surface area contributed by atoms with E-state index in [1.807, 2.05) is 22.9 Å². The van der Waals surface area contributed by atoms with Crippen LogP contribution in [0.5, 0.6) is 0 Å². The predicted molar refractivity (Wildman–Crippen MR) is 89.9 cm³/mol. The monoisotopic (exact) mass is 355 g/mol. The first-order chi connectivity index (χ1) is 10.2. The Balaban J connectivity index is 1.77. The molecule has 0 N–H and O–H groups in total. The van der Waals surface area contributed by atoms with Crippen LogP contribution in [0.15, 0.2) is 36.9 Å². The number of nitrogens with zero attached hydrogens (tertiary/aromatic N) is 3. The van der Waals surface area contributed by atoms with Crippen molar-refractivity contribution >= 4 is 46.7 Å². The summed E-state index contributed by atoms with van der Waals surface area (Å²) in [5.41, 5.74) is 1.09. The number of halogens is 2. The highest BCUT2D eigenvalue weighted by molar-refractivity contribution is 8.20. The van der Waals surface area contributed by atoms with Crippen LogP contribution in [0, 0.1) is 11.3 Å². The number of benzene rings is 1. The molecule has 0 bridgehead atoms. The Kier molecular flexibility index (Phi) is 4.70. The molecule has 1 aliphatic rings. The average molecular weight is 356 g/mol. The van der Waals surface area contributed by atoms with Crippen molar-refractivity contribution in [3.05, 3.63) is 52.5 Å². The molecule has 0 aliphatic carbocycles. The molecular weight excluding hydrogens is 345 g/mol. The number of thioether (sulfide) groups is 2. The Morgan fingerprint density at radius 3 is 2.95 bits per heavy atom. The summed E-state index contributed by atoms with van der Waals surface area (Å²) in [4.78, 5) is 4.02. The molecule has 1 aromatic heterocycles. The van der Waals surface area contributed by atoms with Crippen molar-refractivity contribution in [3.8, 4) is 6.07 Å². The molecule has 2 heterocycles. The van der Waals surface area contributed by atoms with Crippen molar-refractivity contribution in [1.29, 1.82) is 5.26 Å². The van der Waals surface area contributed by atoms with Gasteiger partial charge in [0.05, 0.1) is 17.0 Å². The van der Waals surface area contributed by atoms with Crippen LogP contribution in [0.3, 0.4) is 0 Å². The SMILES string of the molecule is N#C[C@@H]([C@H]1SC[C@@H](c2ccc(Cl)cc2Cl)S1)n1ccnc1. The van der Waals surface area contributed by atoms with Crippen LogP contribution < -0.4 is 0 Å². The Morgan fingerprint density at radius 1 is 1.43 bits per heavy atom. The van der Waals surface area contributed by atoms with Crippen molar-refractivity contribution < 1.29 is 0 Å². The molecule has 0 saturated carbocycles. The standard InChI is InChI=1S/C14H11Cl2N3S2/c15-9-1-2-10(11(16)5-9)13-7-20-14(21-13)12(6-17)19-4-3-18-8-19/h1-5,8,12-14H,7H2/t12-,13-,14-/m0/s1. The van der Waals surface area contributed by atoms with E-state index in [2.05, 4.69) is 11.1 Å². The molecule has 3 atom stereocenters. The first kappa shape index (κ1) is 15.1. The maximum Gasteiger partial charge on any atom is 0.142 e. The lowest BCUT2D eigenvalue weighted by atomic mass is 10.2. The fourth-order valence-corrected chi connectivity index (χ4v) is 6.28. The van der Waals surface area contributed by atoms with Crippen LogP contribution in [0.4, 0.5) is 0 Å². The molecule has 1 fully saturated rings. The summed E-state index contributed by atoms with van der Waals surface area (Å²) in [6, 6.07) is 7.75. The van der Waals surface area contributed by atoms with E-state index < -0.39 is 0 Å². The molecule has 108 valence electrons. The van der Waals surface area contributed by atoms with Crippen molar-refractivity contribution in [2.45, 2.75) is 15.9 Å². The van der Waals surface area contributed by atoms with Crippen LogP contribution >= 0.6 is 46.7 Å². The maximum atomic E-state index is 9.44. The first-order valence-electron chi connectivity index (χ1n) is 6.28. The number of aromatic nitrogens is 2. The van der Waals surface area contributed by atoms with Gasteiger partial charge in [-0.2, -0.15) is 5.26 Å². The van der Waals surface area contributed by atoms with Gasteiger partial charge >= 0.3 is 0 Å². The zero-order valence-electron chi connectivity index (χ0n) is 10.8. The number of hydrogen-bond acceptors (Lipinski definition) is 4. The molecule has 0 spiro atoms. The minimum Gasteiger partial charge on any atom is -0.319 e. The van der Waals surface area contributed by atoms with Gasteiger partial charge in [-0.15, -0.1) is 23.5 Å². The molecule has 7 heteroatoms. The smallest absolute Gasteiger partial charge is 0.142 e. The molecule has 0 radical (unpaired) electrons. The van der Waals surface area contributed by atoms with E-state index >= 15 is 0 Å². The summed E-state index contributed by atoms with van der Waals surface area (Å²) >= 11 is 15.8. The molecule has 1 aromatic carbocycles. The molecule has 3 rings (SSSR count). The molecular formula is C14H11Cl2N3S2. The van der Waals surface area contributed by atoms with E-state index in [0.717, 1.165) is 11.3 Å². The highest BCUT2D eigenvalue weighted by Crippen LogP contribution is 2.52. The van der Waals surface area contributed by atoms with E-state index in [0.29, 0.717) is 10.0 Å². The summed E-state index contributed by atoms with van der Waals surface area (Å²) in [5.74, 6) is 0.934. The minimum atomic E-state index is -0.224. The predicted octanol–water partition coefficient (Wildman–Crippen LogP) is 4.80. The lowest BCUT2D eigenvalue weighted by molar-refractivity contribution is 0.664. The number of nitriles is 1. The lowest BCUT2D eigenvalue weighted by Gasteiger charge is -2.17. The van der Waals surface area contributed by atoms with Gasteiger partial charge in [-0.3, -0.25) is 0 Å². The minimum absolute atomic E-state index is 0.168. The molecule has 0 unspecified atom stereocenters. The van der Waals surface area contributed by atoms with Crippen molar-refractivity contribution in [2.24, 2.45) is 0 Å². The third-order valence-electron chi connectivity index (χ3n) is 3.26. The Bertz CT molecular complexity index is 669. The van der Waals surface area contributed by atoms with Gasteiger partial charge in [-0.05, 0) is 17.7 Å². The highest BCUT2D eigenvalue weighted by atomic mass is 35.5. The van der Waals surface area contributed by atoms with Gasteiger partial charge in [0.2, 0.25) is 0 Å². The second kappa shape index (κ2) is 6.53. The Hall–Kier alpha value is -0.800. The van der Waals surface area contributed by atoms with Crippen molar-refractivity contribution in [2.75, 3.05) is 5.75 Å². The van der Waals surface area contributed by atoms with E-state index in [1.54, 1.807) is 42.1 Å². The molecule has 1 saturated heterocycles. The van der Waals surface area contributed by atoms with Crippen LogP contribution in [0.1, 0.15) is 16.9 Å². The Morgan fingerprint density at radius 2 is 2.29 bits per heavy atom. The zero-order chi connectivity index (χ0) is 14.8. The topological polar surface area (TPSA) is 41.6 Å². The summed E-state index contributed by atoms with van der Waals surface area (Å²) in [5, 5.41) is 11.1. The molecule has 21 heavy (non-hydrogen) atoms. The first-order valence-corrected chi connectivity index (χ1v) is 9.03. The average Bonchev–Trinajstić information content (AvgIpc) is 3.12. The van der Waals surface area contributed by atoms with Gasteiger partial charge in [0.25, 0.3) is 0 Å². The van der Waals surface area contributed by atoms with Crippen LogP contribution in [-0.2, 0) is 0 Å². The summed E-state index contributed by atoms with van der Waals surface area (Å²) in [6.45, 7) is 0. The van der Waals surface area contributed by atoms with Crippen molar-refractivity contribution in [1.82, 2.24) is 9.55 Å². The fourth-order valence-electron chi connectivity index (χ4n) is 2.22. The molecule has 2 aromatic rings. The zero-order valence-corrected chi connectivity index (χ0v) is 14.0. The fraction of sp³-hybridized carbons (Fsp3) is 0.286. The van der Waals surface area contributed by atoms with E-state index in [9.17, 15) is 5.26 Å². The quantitative estimate of drug-likeness (QED) is 0.792. The van der Waals surface area contributed by atoms with Crippen molar-refractivity contribution in [3.63, 3.8) is 0 Å². The summed E-state index contributed by atoms with van der Waals surface area (Å²) < 4.78 is 2.03. The molecule has 1 aliphatic heterocycles. The van der Waals surface area contributed by atoms with Gasteiger partial charge in [0.1, 0.15) is 6.04 Å². The van der Waals surface area contributed by atoms with Gasteiger partial charge in [0.15, 0.2) is 0 Å². The number of imidazole rings is 1. The van der Waals surface area contributed by atoms with E-state index in [4.69, 9.17) is 23.2 Å². The highest BCUT2D eigenvalue weighted by Gasteiger charge is 2.34. The van der Waals surface area contributed by atoms with Gasteiger partial charge in [-0.25, -0.2) is 4.98 Å². The second-order valence-corrected chi connectivity index (χ2v) is 8.24. The maximum absolute atomic E-state index is 9.44. The van der Waals surface area contributed by atoms with Gasteiger partial charge < -0.3 is 4.57 Å². The summed E-state index contributed by atoms with van der Waals surface area (Å²) in [7, 11) is 0. The number of hydrogen-bond donors (Lipinski definition) is 0. The van der Waals surface area contributed by atoms with Gasteiger partial charge in [-0.1, -0.05) is 29.3 Å². The van der Waals surface area contributed by atoms with E-state index in [1.165, 1.54) is 0 Å². The Labute approximate surface area is 141 Å². The lowest BCUT2D eigenvalue weighted by Crippen LogP contribution is -2.14. The summed E-state index contributed by atoms with van der Waals surface area (Å²) in [6.07, 6.45) is 5.22. The second-order valence-electron chi connectivity index (χ2n) is 4.58. The number of rotatable bonds is 3. The third-order valence-corrected chi connectivity index (χ3v) is 7.16. The molecule has 0 amide bonds. The van der Waals surface area contributed by atoms with Crippen LogP contribution in [-0.4, -0.2) is 19.9 Å². The normalized spacial score (nSPS) is 22.9. The van der Waals surface area contributed by atoms with Crippen LogP contribution in [0.25, 0.3) is 0 Å².